The lowest BCUT2D eigenvalue weighted by Crippen LogP contribution is -2.47. The summed E-state index contributed by atoms with van der Waals surface area (Å²) in [5.74, 6) is -1.42. The molecule has 4 N–H and O–H groups in total. The number of amides is 2. The largest absolute Gasteiger partial charge is 0.479 e. The molecule has 1 rings (SSSR count). The minimum absolute atomic E-state index is 0.375. The molecular formula is C12H15ClN2O4. The predicted octanol–water partition coefficient (Wildman–Crippen LogP) is 1.61. The second-order valence-corrected chi connectivity index (χ2v) is 4.73. The summed E-state index contributed by atoms with van der Waals surface area (Å²) < 4.78 is 0. The highest BCUT2D eigenvalue weighted by molar-refractivity contribution is 6.33. The van der Waals surface area contributed by atoms with Crippen molar-refractivity contribution in [2.24, 2.45) is 0 Å². The smallest absolute Gasteiger partial charge is 0.337 e. The van der Waals surface area contributed by atoms with E-state index in [-0.39, 0.29) is 0 Å². The van der Waals surface area contributed by atoms with E-state index >= 15 is 0 Å². The van der Waals surface area contributed by atoms with Gasteiger partial charge in [0.2, 0.25) is 0 Å². The average Bonchev–Trinajstić information content (AvgIpc) is 2.31. The summed E-state index contributed by atoms with van der Waals surface area (Å²) in [6, 6.07) is 4.50. The summed E-state index contributed by atoms with van der Waals surface area (Å²) in [7, 11) is 0. The maximum absolute atomic E-state index is 11.6. The molecule has 1 unspecified atom stereocenters. The molecule has 0 saturated carbocycles. The van der Waals surface area contributed by atoms with Crippen molar-refractivity contribution in [3.8, 4) is 0 Å². The minimum Gasteiger partial charge on any atom is -0.479 e. The van der Waals surface area contributed by atoms with Crippen LogP contribution in [0.2, 0.25) is 5.02 Å². The summed E-state index contributed by atoms with van der Waals surface area (Å²) in [6.45, 7) is 2.45. The van der Waals surface area contributed by atoms with E-state index in [0.29, 0.717) is 10.7 Å². The van der Waals surface area contributed by atoms with Crippen LogP contribution in [0.3, 0.4) is 0 Å². The van der Waals surface area contributed by atoms with Gasteiger partial charge in [-0.05, 0) is 25.5 Å². The Bertz CT molecular complexity index is 482. The second-order valence-electron chi connectivity index (χ2n) is 4.32. The van der Waals surface area contributed by atoms with Crippen LogP contribution in [0.15, 0.2) is 18.2 Å². The molecule has 7 heteroatoms. The number of rotatable bonds is 4. The molecule has 104 valence electrons. The van der Waals surface area contributed by atoms with Gasteiger partial charge in [-0.15, -0.1) is 0 Å². The van der Waals surface area contributed by atoms with E-state index in [1.165, 1.54) is 0 Å². The fourth-order valence-corrected chi connectivity index (χ4v) is 1.55. The van der Waals surface area contributed by atoms with Crippen molar-refractivity contribution in [3.63, 3.8) is 0 Å². The van der Waals surface area contributed by atoms with Gasteiger partial charge in [0, 0.05) is 0 Å². The van der Waals surface area contributed by atoms with Crippen LogP contribution in [0.4, 0.5) is 10.5 Å². The molecule has 19 heavy (non-hydrogen) atoms. The number of benzene rings is 1. The van der Waals surface area contributed by atoms with E-state index in [1.807, 2.05) is 0 Å². The van der Waals surface area contributed by atoms with Crippen LogP contribution in [0.5, 0.6) is 0 Å². The number of nitrogens with one attached hydrogen (secondary N) is 2. The van der Waals surface area contributed by atoms with Crippen LogP contribution >= 0.6 is 11.6 Å². The Balaban J connectivity index is 2.64. The first-order valence-corrected chi connectivity index (χ1v) is 5.87. The molecule has 0 aromatic heterocycles. The monoisotopic (exact) mass is 286 g/mol. The fraction of sp³-hybridized carbons (Fsp3) is 0.333. The summed E-state index contributed by atoms with van der Waals surface area (Å²) in [6.07, 6.45) is 0. The molecule has 0 radical (unpaired) electrons. The van der Waals surface area contributed by atoms with Gasteiger partial charge < -0.3 is 20.8 Å². The fourth-order valence-electron chi connectivity index (χ4n) is 1.28. The maximum atomic E-state index is 11.6. The normalized spacial score (nSPS) is 13.5. The number of halogens is 1. The van der Waals surface area contributed by atoms with Crippen molar-refractivity contribution in [3.05, 3.63) is 28.8 Å². The predicted molar refractivity (Wildman–Crippen MR) is 71.5 cm³/mol. The zero-order valence-corrected chi connectivity index (χ0v) is 11.3. The van der Waals surface area contributed by atoms with Gasteiger partial charge in [0.25, 0.3) is 0 Å². The molecule has 0 fully saturated rings. The Morgan fingerprint density at radius 2 is 2.05 bits per heavy atom. The molecule has 0 aliphatic heterocycles. The molecule has 1 atom stereocenters. The van der Waals surface area contributed by atoms with Crippen molar-refractivity contribution >= 4 is 29.3 Å². The maximum Gasteiger partial charge on any atom is 0.337 e. The highest BCUT2D eigenvalue weighted by Crippen LogP contribution is 2.24. The van der Waals surface area contributed by atoms with Crippen molar-refractivity contribution in [2.75, 3.05) is 11.9 Å². The van der Waals surface area contributed by atoms with Crippen LogP contribution in [0, 0.1) is 6.92 Å². The molecule has 0 aliphatic rings. The summed E-state index contributed by atoms with van der Waals surface area (Å²) in [4.78, 5) is 22.3. The molecule has 0 spiro atoms. The molecule has 1 aromatic carbocycles. The number of hydrogen-bond acceptors (Lipinski definition) is 3. The van der Waals surface area contributed by atoms with Crippen LogP contribution in [0.1, 0.15) is 12.5 Å². The quantitative estimate of drug-likeness (QED) is 0.676. The summed E-state index contributed by atoms with van der Waals surface area (Å²) in [5.41, 5.74) is -0.809. The lowest BCUT2D eigenvalue weighted by atomic mass is 10.1. The first-order valence-electron chi connectivity index (χ1n) is 5.50. The average molecular weight is 287 g/mol. The van der Waals surface area contributed by atoms with Crippen LogP contribution in [-0.4, -0.2) is 34.4 Å². The van der Waals surface area contributed by atoms with Gasteiger partial charge in [-0.25, -0.2) is 9.59 Å². The van der Waals surface area contributed by atoms with Crippen LogP contribution in [-0.2, 0) is 4.79 Å². The summed E-state index contributed by atoms with van der Waals surface area (Å²) >= 11 is 5.93. The number of aryl methyl sites for hydroxylation is 1. The number of urea groups is 1. The number of aliphatic carboxylic acids is 1. The van der Waals surface area contributed by atoms with Gasteiger partial charge in [-0.1, -0.05) is 23.7 Å². The van der Waals surface area contributed by atoms with Gasteiger partial charge in [-0.3, -0.25) is 0 Å². The third-order valence-electron chi connectivity index (χ3n) is 2.51. The number of para-hydroxylation sites is 1. The summed E-state index contributed by atoms with van der Waals surface area (Å²) in [5, 5.41) is 23.3. The van der Waals surface area contributed by atoms with E-state index in [1.54, 1.807) is 25.1 Å². The zero-order valence-electron chi connectivity index (χ0n) is 10.5. The zero-order chi connectivity index (χ0) is 14.6. The number of anilines is 1. The van der Waals surface area contributed by atoms with Crippen LogP contribution < -0.4 is 10.6 Å². The van der Waals surface area contributed by atoms with Gasteiger partial charge in [-0.2, -0.15) is 0 Å². The molecule has 0 heterocycles. The molecule has 0 aliphatic carbocycles. The van der Waals surface area contributed by atoms with E-state index < -0.39 is 24.1 Å². The number of aliphatic hydroxyl groups is 1. The highest BCUT2D eigenvalue weighted by Gasteiger charge is 2.30. The van der Waals surface area contributed by atoms with Crippen molar-refractivity contribution in [1.29, 1.82) is 0 Å². The van der Waals surface area contributed by atoms with Gasteiger partial charge >= 0.3 is 12.0 Å². The topological polar surface area (TPSA) is 98.7 Å². The van der Waals surface area contributed by atoms with Gasteiger partial charge in [0.1, 0.15) is 0 Å². The van der Waals surface area contributed by atoms with Gasteiger partial charge in [0.05, 0.1) is 17.3 Å². The number of carbonyl (C=O) groups excluding carboxylic acids is 1. The Hall–Kier alpha value is -1.79. The lowest BCUT2D eigenvalue weighted by molar-refractivity contribution is -0.155. The third kappa shape index (κ3) is 4.11. The van der Waals surface area contributed by atoms with Gasteiger partial charge in [0.15, 0.2) is 5.60 Å². The molecular weight excluding hydrogens is 272 g/mol. The van der Waals surface area contributed by atoms with E-state index in [0.717, 1.165) is 12.5 Å². The number of carbonyl (C=O) groups is 2. The number of hydrogen-bond donors (Lipinski definition) is 4. The second kappa shape index (κ2) is 5.90. The number of carboxylic acids is 1. The van der Waals surface area contributed by atoms with Crippen molar-refractivity contribution in [1.82, 2.24) is 5.32 Å². The first-order chi connectivity index (χ1) is 8.74. The molecule has 6 nitrogen and oxygen atoms in total. The highest BCUT2D eigenvalue weighted by atomic mass is 35.5. The molecule has 0 bridgehead atoms. The number of carboxylic acid groups (broad SMARTS) is 1. The molecule has 1 aromatic rings. The van der Waals surface area contributed by atoms with Crippen LogP contribution in [0.25, 0.3) is 0 Å². The SMILES string of the molecule is Cc1cccc(Cl)c1NC(=O)NCC(C)(O)C(=O)O. The van der Waals surface area contributed by atoms with E-state index in [4.69, 9.17) is 16.7 Å². The Morgan fingerprint density at radius 1 is 1.42 bits per heavy atom. The third-order valence-corrected chi connectivity index (χ3v) is 2.83. The minimum atomic E-state index is -2.02. The molecule has 2 amide bonds. The Kier molecular flexibility index (Phi) is 4.74. The van der Waals surface area contributed by atoms with Crippen molar-refractivity contribution in [2.45, 2.75) is 19.4 Å². The Morgan fingerprint density at radius 3 is 2.58 bits per heavy atom. The van der Waals surface area contributed by atoms with E-state index in [2.05, 4.69) is 10.6 Å². The van der Waals surface area contributed by atoms with E-state index in [9.17, 15) is 14.7 Å². The standard InChI is InChI=1S/C12H15ClN2O4/c1-7-4-3-5-8(13)9(7)15-11(18)14-6-12(2,19)10(16)17/h3-5,19H,6H2,1-2H3,(H,16,17)(H2,14,15,18). The first kappa shape index (κ1) is 15.3. The Labute approximate surface area is 115 Å². The lowest BCUT2D eigenvalue weighted by Gasteiger charge is -2.19. The molecule has 0 saturated heterocycles. The van der Waals surface area contributed by atoms with Crippen molar-refractivity contribution < 1.29 is 19.8 Å².